The van der Waals surface area contributed by atoms with Crippen LogP contribution in [0.1, 0.15) is 63.4 Å². The molecule has 1 heterocycles. The molecule has 1 saturated heterocycles. The van der Waals surface area contributed by atoms with Crippen LogP contribution in [0.15, 0.2) is 48.5 Å². The Balaban J connectivity index is 1.17. The highest BCUT2D eigenvalue weighted by molar-refractivity contribution is 5.96. The largest absolute Gasteiger partial charge is 0.478 e. The minimum absolute atomic E-state index is 0.0343. The van der Waals surface area contributed by atoms with Gasteiger partial charge in [-0.2, -0.15) is 13.2 Å². The molecule has 2 amide bonds. The molecule has 7 nitrogen and oxygen atoms in total. The van der Waals surface area contributed by atoms with Gasteiger partial charge in [0.2, 0.25) is 5.91 Å². The summed E-state index contributed by atoms with van der Waals surface area (Å²) < 4.78 is 38.5. The third kappa shape index (κ3) is 6.23. The summed E-state index contributed by atoms with van der Waals surface area (Å²) in [6.07, 6.45) is -0.606. The van der Waals surface area contributed by atoms with Gasteiger partial charge in [-0.25, -0.2) is 4.79 Å². The van der Waals surface area contributed by atoms with Crippen molar-refractivity contribution >= 4 is 17.8 Å². The smallest absolute Gasteiger partial charge is 0.416 e. The molecular formula is C26H28F3N3O4. The fraction of sp³-hybridized carbons (Fsp3) is 0.423. The van der Waals surface area contributed by atoms with Crippen LogP contribution in [-0.2, 0) is 11.0 Å². The molecule has 1 saturated carbocycles. The number of aromatic carboxylic acids is 1. The molecule has 10 heteroatoms. The average Bonchev–Trinajstić information content (AvgIpc) is 2.84. The zero-order chi connectivity index (χ0) is 25.9. The average molecular weight is 504 g/mol. The first kappa shape index (κ1) is 25.7. The van der Waals surface area contributed by atoms with Crippen LogP contribution in [0.4, 0.5) is 13.2 Å². The molecule has 1 aliphatic heterocycles. The van der Waals surface area contributed by atoms with E-state index in [0.29, 0.717) is 30.6 Å². The Morgan fingerprint density at radius 2 is 1.61 bits per heavy atom. The van der Waals surface area contributed by atoms with Crippen molar-refractivity contribution in [1.82, 2.24) is 15.5 Å². The molecule has 2 aromatic rings. The predicted molar refractivity (Wildman–Crippen MR) is 126 cm³/mol. The number of hydrogen-bond donors (Lipinski definition) is 3. The van der Waals surface area contributed by atoms with E-state index in [2.05, 4.69) is 15.5 Å². The second-order valence-electron chi connectivity index (χ2n) is 9.42. The van der Waals surface area contributed by atoms with Crippen molar-refractivity contribution in [3.63, 3.8) is 0 Å². The number of alkyl halides is 3. The highest BCUT2D eigenvalue weighted by Crippen LogP contribution is 2.36. The first-order chi connectivity index (χ1) is 17.1. The van der Waals surface area contributed by atoms with Gasteiger partial charge in [-0.1, -0.05) is 18.2 Å². The van der Waals surface area contributed by atoms with E-state index in [0.717, 1.165) is 49.4 Å². The summed E-state index contributed by atoms with van der Waals surface area (Å²) in [5.41, 5.74) is 0.297. The number of rotatable bonds is 7. The lowest BCUT2D eigenvalue weighted by atomic mass is 9.80. The van der Waals surface area contributed by atoms with Crippen LogP contribution in [-0.4, -0.2) is 59.5 Å². The Kier molecular flexibility index (Phi) is 7.63. The summed E-state index contributed by atoms with van der Waals surface area (Å²) in [6.45, 7) is 1.10. The van der Waals surface area contributed by atoms with Gasteiger partial charge in [-0.15, -0.1) is 0 Å². The van der Waals surface area contributed by atoms with Crippen molar-refractivity contribution in [1.29, 1.82) is 0 Å². The maximum absolute atomic E-state index is 12.8. The Morgan fingerprint density at radius 1 is 0.944 bits per heavy atom. The number of nitrogens with zero attached hydrogens (tertiary/aromatic N) is 1. The van der Waals surface area contributed by atoms with Crippen molar-refractivity contribution in [2.24, 2.45) is 0 Å². The number of amides is 2. The summed E-state index contributed by atoms with van der Waals surface area (Å²) in [6, 6.07) is 11.6. The maximum Gasteiger partial charge on any atom is 0.416 e. The lowest BCUT2D eigenvalue weighted by Gasteiger charge is -2.46. The Morgan fingerprint density at radius 3 is 2.28 bits per heavy atom. The second-order valence-corrected chi connectivity index (χ2v) is 9.42. The summed E-state index contributed by atoms with van der Waals surface area (Å²) in [5.74, 6) is -1.70. The fourth-order valence-electron chi connectivity index (χ4n) is 4.98. The molecule has 0 unspecified atom stereocenters. The lowest BCUT2D eigenvalue weighted by molar-refractivity contribution is -0.137. The fourth-order valence-corrected chi connectivity index (χ4v) is 4.98. The number of carbonyl (C=O) groups excluding carboxylic acids is 2. The third-order valence-corrected chi connectivity index (χ3v) is 6.95. The van der Waals surface area contributed by atoms with Gasteiger partial charge in [-0.05, 0) is 67.5 Å². The number of carboxylic acid groups (broad SMARTS) is 1. The van der Waals surface area contributed by atoms with Gasteiger partial charge in [0.1, 0.15) is 0 Å². The molecular weight excluding hydrogens is 475 g/mol. The van der Waals surface area contributed by atoms with Crippen LogP contribution in [0.5, 0.6) is 0 Å². The van der Waals surface area contributed by atoms with Crippen molar-refractivity contribution in [3.8, 4) is 0 Å². The molecule has 2 aromatic carbocycles. The molecule has 4 rings (SSSR count). The molecule has 0 aromatic heterocycles. The van der Waals surface area contributed by atoms with Gasteiger partial charge >= 0.3 is 12.1 Å². The lowest BCUT2D eigenvalue weighted by Crippen LogP contribution is -2.63. The van der Waals surface area contributed by atoms with E-state index in [4.69, 9.17) is 0 Å². The first-order valence-electron chi connectivity index (χ1n) is 11.9. The van der Waals surface area contributed by atoms with Crippen molar-refractivity contribution in [2.75, 3.05) is 19.6 Å². The highest BCUT2D eigenvalue weighted by atomic mass is 19.4. The molecule has 2 aliphatic rings. The Bertz CT molecular complexity index is 1120. The number of carbonyl (C=O) groups is 3. The van der Waals surface area contributed by atoms with Crippen molar-refractivity contribution in [3.05, 3.63) is 70.8 Å². The van der Waals surface area contributed by atoms with Gasteiger partial charge in [0, 0.05) is 24.7 Å². The van der Waals surface area contributed by atoms with Crippen LogP contribution in [0, 0.1) is 0 Å². The number of carboxylic acids is 1. The molecule has 0 atom stereocenters. The van der Waals surface area contributed by atoms with E-state index in [1.165, 1.54) is 6.07 Å². The van der Waals surface area contributed by atoms with Crippen LogP contribution >= 0.6 is 0 Å². The topological polar surface area (TPSA) is 98.7 Å². The molecule has 192 valence electrons. The monoisotopic (exact) mass is 503 g/mol. The zero-order valence-corrected chi connectivity index (χ0v) is 19.6. The van der Waals surface area contributed by atoms with Gasteiger partial charge in [0.05, 0.1) is 23.7 Å². The Hall–Kier alpha value is -3.40. The van der Waals surface area contributed by atoms with Crippen LogP contribution < -0.4 is 10.6 Å². The Labute approximate surface area is 206 Å². The third-order valence-electron chi connectivity index (χ3n) is 6.95. The highest BCUT2D eigenvalue weighted by Gasteiger charge is 2.35. The van der Waals surface area contributed by atoms with Gasteiger partial charge in [-0.3, -0.25) is 14.5 Å². The molecule has 36 heavy (non-hydrogen) atoms. The zero-order valence-electron chi connectivity index (χ0n) is 19.6. The molecule has 0 bridgehead atoms. The molecule has 0 spiro atoms. The minimum Gasteiger partial charge on any atom is -0.478 e. The van der Waals surface area contributed by atoms with Crippen LogP contribution in [0.2, 0.25) is 0 Å². The van der Waals surface area contributed by atoms with Gasteiger partial charge in [0.15, 0.2) is 0 Å². The van der Waals surface area contributed by atoms with E-state index < -0.39 is 23.6 Å². The minimum atomic E-state index is -4.55. The molecule has 2 fully saturated rings. The summed E-state index contributed by atoms with van der Waals surface area (Å²) in [5, 5.41) is 14.4. The number of nitrogens with one attached hydrogen (secondary N) is 2. The number of hydrogen-bond acceptors (Lipinski definition) is 4. The predicted octanol–water partition coefficient (Wildman–Crippen LogP) is 3.66. The van der Waals surface area contributed by atoms with E-state index in [1.54, 1.807) is 18.2 Å². The SMILES string of the molecule is O=C(CNC(=O)c1cccc(C(F)(F)F)c1)NC1CN([C@H]2CC[C@@H](c3cccc(C(=O)O)c3)CC2)C1. The standard InChI is InChI=1S/C26H28F3N3O4/c27-26(28,29)20-6-2-4-18(12-20)24(34)30-13-23(33)31-21-14-32(15-21)22-9-7-16(8-10-22)17-3-1-5-19(11-17)25(35)36/h1-6,11-12,16,21-22H,7-10,13-15H2,(H,30,34)(H,31,33)(H,35,36)/t16-,22+. The van der Waals surface area contributed by atoms with Gasteiger partial charge in [0.25, 0.3) is 5.91 Å². The van der Waals surface area contributed by atoms with Crippen molar-refractivity contribution in [2.45, 2.75) is 49.9 Å². The quantitative estimate of drug-likeness (QED) is 0.536. The maximum atomic E-state index is 12.8. The van der Waals surface area contributed by atoms with E-state index in [-0.39, 0.29) is 24.1 Å². The van der Waals surface area contributed by atoms with E-state index in [1.807, 2.05) is 6.07 Å². The number of likely N-dealkylation sites (tertiary alicyclic amines) is 1. The summed E-state index contributed by atoms with van der Waals surface area (Å²) in [4.78, 5) is 37.9. The molecule has 1 aliphatic carbocycles. The summed E-state index contributed by atoms with van der Waals surface area (Å²) >= 11 is 0. The number of benzene rings is 2. The first-order valence-corrected chi connectivity index (χ1v) is 11.9. The second kappa shape index (κ2) is 10.7. The number of halogens is 3. The van der Waals surface area contributed by atoms with E-state index in [9.17, 15) is 32.7 Å². The van der Waals surface area contributed by atoms with Crippen LogP contribution in [0.3, 0.4) is 0 Å². The van der Waals surface area contributed by atoms with Gasteiger partial charge < -0.3 is 15.7 Å². The summed E-state index contributed by atoms with van der Waals surface area (Å²) in [7, 11) is 0. The molecule has 3 N–H and O–H groups in total. The van der Waals surface area contributed by atoms with E-state index >= 15 is 0 Å². The molecule has 0 radical (unpaired) electrons. The van der Waals surface area contributed by atoms with Crippen molar-refractivity contribution < 1.29 is 32.7 Å². The normalized spacial score (nSPS) is 20.9. The van der Waals surface area contributed by atoms with Crippen LogP contribution in [0.25, 0.3) is 0 Å².